The summed E-state index contributed by atoms with van der Waals surface area (Å²) in [6.07, 6.45) is 0. The van der Waals surface area contributed by atoms with E-state index < -0.39 is 0 Å². The second-order valence-electron chi connectivity index (χ2n) is 4.92. The average Bonchev–Trinajstić information content (AvgIpc) is 2.53. The molecule has 22 heavy (non-hydrogen) atoms. The molecule has 1 amide bonds. The zero-order valence-corrected chi connectivity index (χ0v) is 12.7. The number of aliphatic hydroxyl groups excluding tert-OH is 1. The highest BCUT2D eigenvalue weighted by Gasteiger charge is 2.05. The van der Waals surface area contributed by atoms with Gasteiger partial charge in [-0.2, -0.15) is 0 Å². The summed E-state index contributed by atoms with van der Waals surface area (Å²) in [6.45, 7) is 2.16. The van der Waals surface area contributed by atoms with Gasteiger partial charge < -0.3 is 20.5 Å². The molecule has 0 atom stereocenters. The van der Waals surface area contributed by atoms with E-state index in [0.29, 0.717) is 18.0 Å². The van der Waals surface area contributed by atoms with Gasteiger partial charge in [0.05, 0.1) is 19.4 Å². The monoisotopic (exact) mass is 300 g/mol. The molecule has 116 valence electrons. The van der Waals surface area contributed by atoms with Crippen LogP contribution in [-0.2, 0) is 17.9 Å². The molecule has 0 saturated heterocycles. The van der Waals surface area contributed by atoms with Crippen LogP contribution in [0.25, 0.3) is 0 Å². The topological polar surface area (TPSA) is 70.6 Å². The number of carbonyl (C=O) groups is 1. The zero-order chi connectivity index (χ0) is 15.9. The van der Waals surface area contributed by atoms with E-state index in [1.165, 1.54) is 6.92 Å². The molecule has 2 aromatic carbocycles. The van der Waals surface area contributed by atoms with Crippen molar-refractivity contribution in [2.24, 2.45) is 0 Å². The molecule has 2 aromatic rings. The zero-order valence-electron chi connectivity index (χ0n) is 12.7. The SMILES string of the molecule is COc1cc(NC(C)=O)ccc1NCc1ccc(CO)cc1. The molecule has 0 bridgehead atoms. The highest BCUT2D eigenvalue weighted by molar-refractivity contribution is 5.89. The van der Waals surface area contributed by atoms with Crippen molar-refractivity contribution >= 4 is 17.3 Å². The van der Waals surface area contributed by atoms with Crippen LogP contribution in [0.2, 0.25) is 0 Å². The Morgan fingerprint density at radius 1 is 1.14 bits per heavy atom. The number of carbonyl (C=O) groups excluding carboxylic acids is 1. The lowest BCUT2D eigenvalue weighted by Crippen LogP contribution is -2.07. The molecule has 0 spiro atoms. The standard InChI is InChI=1S/C17H20N2O3/c1-12(21)19-15-7-8-16(17(9-15)22-2)18-10-13-3-5-14(11-20)6-4-13/h3-9,18,20H,10-11H2,1-2H3,(H,19,21). The number of methoxy groups -OCH3 is 1. The lowest BCUT2D eigenvalue weighted by molar-refractivity contribution is -0.114. The van der Waals surface area contributed by atoms with Gasteiger partial charge in [0, 0.05) is 25.2 Å². The molecule has 0 aliphatic rings. The largest absolute Gasteiger partial charge is 0.495 e. The number of nitrogens with one attached hydrogen (secondary N) is 2. The first-order valence-corrected chi connectivity index (χ1v) is 7.00. The second kappa shape index (κ2) is 7.47. The second-order valence-corrected chi connectivity index (χ2v) is 4.92. The van der Waals surface area contributed by atoms with Crippen LogP contribution in [0.1, 0.15) is 18.1 Å². The van der Waals surface area contributed by atoms with E-state index in [1.807, 2.05) is 36.4 Å². The van der Waals surface area contributed by atoms with Crippen LogP contribution in [0, 0.1) is 0 Å². The molecule has 0 aromatic heterocycles. The predicted octanol–water partition coefficient (Wildman–Crippen LogP) is 2.76. The molecule has 2 rings (SSSR count). The van der Waals surface area contributed by atoms with Gasteiger partial charge in [-0.15, -0.1) is 0 Å². The van der Waals surface area contributed by atoms with Crippen LogP contribution >= 0.6 is 0 Å². The molecule has 0 saturated carbocycles. The minimum Gasteiger partial charge on any atom is -0.495 e. The van der Waals surface area contributed by atoms with Crippen LogP contribution in [-0.4, -0.2) is 18.1 Å². The fraction of sp³-hybridized carbons (Fsp3) is 0.235. The summed E-state index contributed by atoms with van der Waals surface area (Å²) in [7, 11) is 1.59. The van der Waals surface area contributed by atoms with Crippen molar-refractivity contribution in [2.75, 3.05) is 17.7 Å². The third-order valence-electron chi connectivity index (χ3n) is 3.21. The first-order valence-electron chi connectivity index (χ1n) is 7.00. The van der Waals surface area contributed by atoms with Crippen molar-refractivity contribution in [3.8, 4) is 5.75 Å². The molecule has 5 heteroatoms. The third kappa shape index (κ3) is 4.23. The number of ether oxygens (including phenoxy) is 1. The first kappa shape index (κ1) is 15.9. The average molecular weight is 300 g/mol. The van der Waals surface area contributed by atoms with Crippen LogP contribution in [0.5, 0.6) is 5.75 Å². The maximum Gasteiger partial charge on any atom is 0.221 e. The molecule has 5 nitrogen and oxygen atoms in total. The van der Waals surface area contributed by atoms with Crippen molar-refractivity contribution in [1.82, 2.24) is 0 Å². The Bertz CT molecular complexity index is 639. The molecule has 0 fully saturated rings. The lowest BCUT2D eigenvalue weighted by Gasteiger charge is -2.13. The summed E-state index contributed by atoms with van der Waals surface area (Å²) < 4.78 is 5.35. The maximum absolute atomic E-state index is 11.1. The van der Waals surface area contributed by atoms with Gasteiger partial charge in [-0.3, -0.25) is 4.79 Å². The van der Waals surface area contributed by atoms with Crippen LogP contribution in [0.15, 0.2) is 42.5 Å². The Labute approximate surface area is 129 Å². The van der Waals surface area contributed by atoms with Gasteiger partial charge in [0.15, 0.2) is 0 Å². The van der Waals surface area contributed by atoms with Crippen molar-refractivity contribution in [1.29, 1.82) is 0 Å². The van der Waals surface area contributed by atoms with Gasteiger partial charge >= 0.3 is 0 Å². The number of rotatable bonds is 6. The Balaban J connectivity index is 2.06. The van der Waals surface area contributed by atoms with Crippen molar-refractivity contribution in [3.05, 3.63) is 53.6 Å². The first-order chi connectivity index (χ1) is 10.6. The highest BCUT2D eigenvalue weighted by atomic mass is 16.5. The minimum absolute atomic E-state index is 0.0478. The van der Waals surface area contributed by atoms with Gasteiger partial charge in [-0.25, -0.2) is 0 Å². The van der Waals surface area contributed by atoms with E-state index >= 15 is 0 Å². The smallest absolute Gasteiger partial charge is 0.221 e. The summed E-state index contributed by atoms with van der Waals surface area (Å²) >= 11 is 0. The minimum atomic E-state index is -0.119. The summed E-state index contributed by atoms with van der Waals surface area (Å²) in [4.78, 5) is 11.1. The number of anilines is 2. The quantitative estimate of drug-likeness (QED) is 0.767. The number of benzene rings is 2. The number of aliphatic hydroxyl groups is 1. The van der Waals surface area contributed by atoms with Gasteiger partial charge in [0.25, 0.3) is 0 Å². The maximum atomic E-state index is 11.1. The van der Waals surface area contributed by atoms with E-state index in [0.717, 1.165) is 16.8 Å². The summed E-state index contributed by atoms with van der Waals surface area (Å²) in [5.74, 6) is 0.546. The van der Waals surface area contributed by atoms with Crippen LogP contribution in [0.3, 0.4) is 0 Å². The van der Waals surface area contributed by atoms with Crippen molar-refractivity contribution < 1.29 is 14.6 Å². The van der Waals surface area contributed by atoms with E-state index in [4.69, 9.17) is 9.84 Å². The third-order valence-corrected chi connectivity index (χ3v) is 3.21. The molecule has 0 heterocycles. The Morgan fingerprint density at radius 3 is 2.41 bits per heavy atom. The van der Waals surface area contributed by atoms with E-state index in [9.17, 15) is 4.79 Å². The van der Waals surface area contributed by atoms with Gasteiger partial charge in [-0.1, -0.05) is 24.3 Å². The number of hydrogen-bond acceptors (Lipinski definition) is 4. The van der Waals surface area contributed by atoms with Gasteiger partial charge in [0.2, 0.25) is 5.91 Å². The summed E-state index contributed by atoms with van der Waals surface area (Å²) in [5, 5.41) is 15.1. The van der Waals surface area contributed by atoms with E-state index in [1.54, 1.807) is 13.2 Å². The fourth-order valence-electron chi connectivity index (χ4n) is 2.08. The molecular weight excluding hydrogens is 280 g/mol. The molecular formula is C17H20N2O3. The normalized spacial score (nSPS) is 10.1. The van der Waals surface area contributed by atoms with Crippen LogP contribution in [0.4, 0.5) is 11.4 Å². The fourth-order valence-corrected chi connectivity index (χ4v) is 2.08. The van der Waals surface area contributed by atoms with Crippen molar-refractivity contribution in [3.63, 3.8) is 0 Å². The lowest BCUT2D eigenvalue weighted by atomic mass is 10.1. The predicted molar refractivity (Wildman–Crippen MR) is 87.0 cm³/mol. The van der Waals surface area contributed by atoms with E-state index in [-0.39, 0.29) is 12.5 Å². The van der Waals surface area contributed by atoms with Gasteiger partial charge in [-0.05, 0) is 23.3 Å². The molecule has 0 radical (unpaired) electrons. The molecule has 0 unspecified atom stereocenters. The Kier molecular flexibility index (Phi) is 5.38. The highest BCUT2D eigenvalue weighted by Crippen LogP contribution is 2.28. The molecule has 0 aliphatic heterocycles. The number of amides is 1. The molecule has 3 N–H and O–H groups in total. The number of hydrogen-bond donors (Lipinski definition) is 3. The van der Waals surface area contributed by atoms with Crippen LogP contribution < -0.4 is 15.4 Å². The molecule has 0 aliphatic carbocycles. The van der Waals surface area contributed by atoms with E-state index in [2.05, 4.69) is 10.6 Å². The Morgan fingerprint density at radius 2 is 1.82 bits per heavy atom. The summed E-state index contributed by atoms with van der Waals surface area (Å²) in [6, 6.07) is 13.2. The summed E-state index contributed by atoms with van der Waals surface area (Å²) in [5.41, 5.74) is 3.54. The van der Waals surface area contributed by atoms with Gasteiger partial charge in [0.1, 0.15) is 5.75 Å². The van der Waals surface area contributed by atoms with Crippen molar-refractivity contribution in [2.45, 2.75) is 20.1 Å². The Hall–Kier alpha value is -2.53.